The largest absolute Gasteiger partial charge is 0.344 e. The molecule has 0 saturated carbocycles. The summed E-state index contributed by atoms with van der Waals surface area (Å²) in [5, 5.41) is 10.8. The van der Waals surface area contributed by atoms with Gasteiger partial charge in [0.25, 0.3) is 11.8 Å². The summed E-state index contributed by atoms with van der Waals surface area (Å²) in [6, 6.07) is 23.5. The quantitative estimate of drug-likeness (QED) is 0.215. The van der Waals surface area contributed by atoms with Crippen molar-refractivity contribution in [3.05, 3.63) is 108 Å². The molecule has 3 aromatic carbocycles. The summed E-state index contributed by atoms with van der Waals surface area (Å²) in [5.74, 6) is -3.17. The molecule has 9 nitrogen and oxygen atoms in total. The van der Waals surface area contributed by atoms with Gasteiger partial charge in [-0.2, -0.15) is 0 Å². The molecule has 0 aliphatic rings. The Morgan fingerprint density at radius 2 is 1.16 bits per heavy atom. The van der Waals surface area contributed by atoms with E-state index in [1.807, 2.05) is 74.5 Å². The number of carbonyl (C=O) groups is 5. The van der Waals surface area contributed by atoms with E-state index in [0.717, 1.165) is 11.1 Å². The normalized spacial score (nSPS) is 13.6. The van der Waals surface area contributed by atoms with Gasteiger partial charge in [0, 0.05) is 12.0 Å². The average Bonchev–Trinajstić information content (AvgIpc) is 3.00. The van der Waals surface area contributed by atoms with E-state index in [0.29, 0.717) is 5.56 Å². The first-order valence-electron chi connectivity index (χ1n) is 14.4. The first-order valence-corrected chi connectivity index (χ1v) is 14.4. The van der Waals surface area contributed by atoms with Gasteiger partial charge in [-0.1, -0.05) is 92.7 Å². The minimum atomic E-state index is -1.08. The predicted molar refractivity (Wildman–Crippen MR) is 165 cm³/mol. The zero-order chi connectivity index (χ0) is 31.4. The molecule has 4 atom stereocenters. The standard InChI is InChI=1S/C34H40N4O5/c1-22(2)20-28(30(39)34(43)35-23(3)26-16-10-6-11-17-26)37-31(40)24(4)36-33(42)29(21-25-14-8-5-9-15-25)38-32(41)27-18-12-7-13-19-27/h5-19,22-24,28-29H,20-21H2,1-4H3,(H,35,43)(H,36,42)(H,37,40)(H,38,41). The zero-order valence-corrected chi connectivity index (χ0v) is 25.0. The van der Waals surface area contributed by atoms with Crippen molar-refractivity contribution >= 4 is 29.4 Å². The van der Waals surface area contributed by atoms with Crippen molar-refractivity contribution in [2.75, 3.05) is 0 Å². The van der Waals surface area contributed by atoms with E-state index in [-0.39, 0.29) is 18.8 Å². The molecule has 3 rings (SSSR count). The Morgan fingerprint density at radius 1 is 0.605 bits per heavy atom. The number of rotatable bonds is 14. The van der Waals surface area contributed by atoms with E-state index < -0.39 is 53.6 Å². The fraction of sp³-hybridized carbons (Fsp3) is 0.324. The molecule has 0 spiro atoms. The third kappa shape index (κ3) is 10.2. The molecule has 0 bridgehead atoms. The minimum absolute atomic E-state index is 0.00180. The highest BCUT2D eigenvalue weighted by Crippen LogP contribution is 2.13. The summed E-state index contributed by atoms with van der Waals surface area (Å²) < 4.78 is 0. The van der Waals surface area contributed by atoms with Crippen molar-refractivity contribution in [2.24, 2.45) is 5.92 Å². The number of nitrogens with one attached hydrogen (secondary N) is 4. The van der Waals surface area contributed by atoms with Gasteiger partial charge in [0.05, 0.1) is 12.1 Å². The molecule has 0 radical (unpaired) electrons. The number of carbonyl (C=O) groups excluding carboxylic acids is 5. The molecule has 3 aromatic rings. The first kappa shape index (κ1) is 32.7. The van der Waals surface area contributed by atoms with E-state index in [1.54, 1.807) is 37.3 Å². The molecule has 0 aromatic heterocycles. The summed E-state index contributed by atoms with van der Waals surface area (Å²) in [7, 11) is 0. The van der Waals surface area contributed by atoms with Gasteiger partial charge in [0.15, 0.2) is 0 Å². The molecule has 0 aliphatic carbocycles. The monoisotopic (exact) mass is 584 g/mol. The number of hydrogen-bond acceptors (Lipinski definition) is 5. The van der Waals surface area contributed by atoms with Crippen molar-refractivity contribution in [3.8, 4) is 0 Å². The molecule has 4 unspecified atom stereocenters. The van der Waals surface area contributed by atoms with Crippen LogP contribution >= 0.6 is 0 Å². The Labute approximate surface area is 252 Å². The second-order valence-corrected chi connectivity index (χ2v) is 11.0. The van der Waals surface area contributed by atoms with Gasteiger partial charge in [-0.3, -0.25) is 24.0 Å². The van der Waals surface area contributed by atoms with Crippen LogP contribution in [0.2, 0.25) is 0 Å². The maximum absolute atomic E-state index is 13.4. The summed E-state index contributed by atoms with van der Waals surface area (Å²) in [4.78, 5) is 65.4. The van der Waals surface area contributed by atoms with Gasteiger partial charge >= 0.3 is 0 Å². The summed E-state index contributed by atoms with van der Waals surface area (Å²) >= 11 is 0. The lowest BCUT2D eigenvalue weighted by molar-refractivity contribution is -0.141. The second kappa shape index (κ2) is 16.0. The van der Waals surface area contributed by atoms with Crippen LogP contribution in [0.4, 0.5) is 0 Å². The maximum Gasteiger partial charge on any atom is 0.290 e. The van der Waals surface area contributed by atoms with Gasteiger partial charge in [-0.15, -0.1) is 0 Å². The van der Waals surface area contributed by atoms with Crippen LogP contribution in [0.25, 0.3) is 0 Å². The third-order valence-electron chi connectivity index (χ3n) is 6.90. The molecular weight excluding hydrogens is 544 g/mol. The first-order chi connectivity index (χ1) is 20.5. The Morgan fingerprint density at radius 3 is 1.74 bits per heavy atom. The van der Waals surface area contributed by atoms with Crippen LogP contribution < -0.4 is 21.3 Å². The molecular formula is C34H40N4O5. The molecule has 43 heavy (non-hydrogen) atoms. The number of hydrogen-bond donors (Lipinski definition) is 4. The molecule has 0 heterocycles. The second-order valence-electron chi connectivity index (χ2n) is 11.0. The van der Waals surface area contributed by atoms with Crippen LogP contribution in [0.1, 0.15) is 61.6 Å². The Balaban J connectivity index is 1.67. The zero-order valence-electron chi connectivity index (χ0n) is 25.0. The number of Topliss-reactive ketones (excluding diaryl/α,β-unsaturated/α-hetero) is 1. The van der Waals surface area contributed by atoms with Crippen molar-refractivity contribution in [3.63, 3.8) is 0 Å². The average molecular weight is 585 g/mol. The molecule has 9 heteroatoms. The summed E-state index contributed by atoms with van der Waals surface area (Å²) in [6.45, 7) is 7.02. The molecule has 4 N–H and O–H groups in total. The van der Waals surface area contributed by atoms with E-state index in [2.05, 4.69) is 21.3 Å². The highest BCUT2D eigenvalue weighted by Gasteiger charge is 2.31. The highest BCUT2D eigenvalue weighted by atomic mass is 16.2. The van der Waals surface area contributed by atoms with Crippen molar-refractivity contribution in [1.29, 1.82) is 0 Å². The van der Waals surface area contributed by atoms with Crippen molar-refractivity contribution in [2.45, 2.75) is 64.7 Å². The maximum atomic E-state index is 13.4. The Kier molecular flexibility index (Phi) is 12.2. The van der Waals surface area contributed by atoms with Crippen LogP contribution in [-0.4, -0.2) is 47.5 Å². The van der Waals surface area contributed by atoms with Crippen LogP contribution in [0.5, 0.6) is 0 Å². The van der Waals surface area contributed by atoms with E-state index in [1.165, 1.54) is 6.92 Å². The Hall–Kier alpha value is -4.79. The highest BCUT2D eigenvalue weighted by molar-refractivity contribution is 6.38. The lowest BCUT2D eigenvalue weighted by Crippen LogP contribution is -2.56. The van der Waals surface area contributed by atoms with Gasteiger partial charge in [0.2, 0.25) is 17.6 Å². The van der Waals surface area contributed by atoms with Crippen LogP contribution in [-0.2, 0) is 25.6 Å². The lowest BCUT2D eigenvalue weighted by Gasteiger charge is -2.24. The SMILES string of the molecule is CC(C)CC(NC(=O)C(C)NC(=O)C(Cc1ccccc1)NC(=O)c1ccccc1)C(=O)C(=O)NC(C)c1ccccc1. The third-order valence-corrected chi connectivity index (χ3v) is 6.90. The molecule has 0 fully saturated rings. The molecule has 0 aliphatic heterocycles. The van der Waals surface area contributed by atoms with Crippen LogP contribution in [0, 0.1) is 5.92 Å². The fourth-order valence-corrected chi connectivity index (χ4v) is 4.52. The summed E-state index contributed by atoms with van der Waals surface area (Å²) in [6.07, 6.45) is 0.440. The van der Waals surface area contributed by atoms with E-state index in [9.17, 15) is 24.0 Å². The topological polar surface area (TPSA) is 133 Å². The van der Waals surface area contributed by atoms with E-state index in [4.69, 9.17) is 0 Å². The minimum Gasteiger partial charge on any atom is -0.344 e. The number of amides is 4. The smallest absolute Gasteiger partial charge is 0.290 e. The molecule has 0 saturated heterocycles. The lowest BCUT2D eigenvalue weighted by atomic mass is 9.98. The van der Waals surface area contributed by atoms with E-state index >= 15 is 0 Å². The Bertz CT molecular complexity index is 1380. The molecule has 226 valence electrons. The number of benzene rings is 3. The molecule has 4 amide bonds. The van der Waals surface area contributed by atoms with Gasteiger partial charge in [0.1, 0.15) is 12.1 Å². The van der Waals surface area contributed by atoms with Gasteiger partial charge in [-0.05, 0) is 49.4 Å². The van der Waals surface area contributed by atoms with Crippen LogP contribution in [0.15, 0.2) is 91.0 Å². The number of ketones is 1. The van der Waals surface area contributed by atoms with Crippen LogP contribution in [0.3, 0.4) is 0 Å². The fourth-order valence-electron chi connectivity index (χ4n) is 4.52. The van der Waals surface area contributed by atoms with Crippen molar-refractivity contribution < 1.29 is 24.0 Å². The van der Waals surface area contributed by atoms with Gasteiger partial charge < -0.3 is 21.3 Å². The van der Waals surface area contributed by atoms with Crippen molar-refractivity contribution in [1.82, 2.24) is 21.3 Å². The van der Waals surface area contributed by atoms with Gasteiger partial charge in [-0.25, -0.2) is 0 Å². The summed E-state index contributed by atoms with van der Waals surface area (Å²) in [5.41, 5.74) is 2.06. The predicted octanol–water partition coefficient (Wildman–Crippen LogP) is 3.51.